The van der Waals surface area contributed by atoms with Gasteiger partial charge in [0.2, 0.25) is 0 Å². The van der Waals surface area contributed by atoms with Gasteiger partial charge in [-0.15, -0.1) is 0 Å². The molecule has 0 atom stereocenters. The molecular weight excluding hydrogens is 244 g/mol. The van der Waals surface area contributed by atoms with Crippen LogP contribution < -0.4 is 5.32 Å². The predicted octanol–water partition coefficient (Wildman–Crippen LogP) is 4.36. The van der Waals surface area contributed by atoms with Crippen molar-refractivity contribution < 1.29 is 0 Å². The summed E-state index contributed by atoms with van der Waals surface area (Å²) in [5.74, 6) is 0. The molecule has 0 aliphatic carbocycles. The number of aromatic nitrogens is 1. The minimum absolute atomic E-state index is 0.798. The van der Waals surface area contributed by atoms with Gasteiger partial charge in [0.1, 0.15) is 0 Å². The Balaban J connectivity index is 1.84. The average Bonchev–Trinajstić information content (AvgIpc) is 2.55. The third-order valence-corrected chi connectivity index (χ3v) is 3.24. The smallest absolute Gasteiger partial charge is 0.0422 e. The fourth-order valence-electron chi connectivity index (χ4n) is 2.20. The lowest BCUT2D eigenvalue weighted by Gasteiger charge is -2.12. The second-order valence-corrected chi connectivity index (χ2v) is 4.62. The molecule has 0 fully saturated rings. The predicted molar refractivity (Wildman–Crippen MR) is 83.4 cm³/mol. The standard InChI is InChI=1S/C18H16N2/c1-2-6-16(7-3-1)17-8-4-5-9-18(17)20-14-15-10-12-19-13-11-15/h1-13,20H,14H2. The summed E-state index contributed by atoms with van der Waals surface area (Å²) in [5.41, 5.74) is 4.82. The fourth-order valence-corrected chi connectivity index (χ4v) is 2.20. The first-order valence-electron chi connectivity index (χ1n) is 6.71. The van der Waals surface area contributed by atoms with Crippen LogP contribution in [0.5, 0.6) is 0 Å². The number of para-hydroxylation sites is 1. The number of anilines is 1. The van der Waals surface area contributed by atoms with Gasteiger partial charge >= 0.3 is 0 Å². The van der Waals surface area contributed by atoms with Crippen molar-refractivity contribution in [3.8, 4) is 11.1 Å². The number of benzene rings is 2. The maximum Gasteiger partial charge on any atom is 0.0422 e. The van der Waals surface area contributed by atoms with E-state index in [9.17, 15) is 0 Å². The summed E-state index contributed by atoms with van der Waals surface area (Å²) in [5, 5.41) is 3.50. The highest BCUT2D eigenvalue weighted by Crippen LogP contribution is 2.27. The summed E-state index contributed by atoms with van der Waals surface area (Å²) in [6.07, 6.45) is 3.64. The van der Waals surface area contributed by atoms with Crippen molar-refractivity contribution >= 4 is 5.69 Å². The van der Waals surface area contributed by atoms with Crippen molar-refractivity contribution in [3.05, 3.63) is 84.7 Å². The molecule has 0 amide bonds. The first kappa shape index (κ1) is 12.4. The summed E-state index contributed by atoms with van der Waals surface area (Å²) >= 11 is 0. The number of nitrogens with one attached hydrogen (secondary N) is 1. The van der Waals surface area contributed by atoms with Crippen LogP contribution in [-0.2, 0) is 6.54 Å². The first-order valence-corrected chi connectivity index (χ1v) is 6.71. The molecule has 1 aromatic heterocycles. The topological polar surface area (TPSA) is 24.9 Å². The van der Waals surface area contributed by atoms with Crippen LogP contribution in [0, 0.1) is 0 Å². The zero-order valence-corrected chi connectivity index (χ0v) is 11.2. The SMILES string of the molecule is c1ccc(-c2ccccc2NCc2ccncc2)cc1. The van der Waals surface area contributed by atoms with E-state index in [4.69, 9.17) is 0 Å². The van der Waals surface area contributed by atoms with Crippen molar-refractivity contribution in [2.75, 3.05) is 5.32 Å². The van der Waals surface area contributed by atoms with Crippen LogP contribution >= 0.6 is 0 Å². The monoisotopic (exact) mass is 260 g/mol. The molecule has 3 rings (SSSR count). The van der Waals surface area contributed by atoms with Crippen molar-refractivity contribution in [2.24, 2.45) is 0 Å². The van der Waals surface area contributed by atoms with Crippen molar-refractivity contribution in [3.63, 3.8) is 0 Å². The molecule has 0 spiro atoms. The lowest BCUT2D eigenvalue weighted by Crippen LogP contribution is -2.00. The Labute approximate surface area is 119 Å². The highest BCUT2D eigenvalue weighted by atomic mass is 14.9. The summed E-state index contributed by atoms with van der Waals surface area (Å²) < 4.78 is 0. The number of nitrogens with zero attached hydrogens (tertiary/aromatic N) is 1. The molecule has 20 heavy (non-hydrogen) atoms. The number of pyridine rings is 1. The number of rotatable bonds is 4. The van der Waals surface area contributed by atoms with E-state index in [1.54, 1.807) is 0 Å². The summed E-state index contributed by atoms with van der Waals surface area (Å²) in [4.78, 5) is 4.04. The van der Waals surface area contributed by atoms with E-state index in [0.717, 1.165) is 12.2 Å². The molecule has 0 aliphatic heterocycles. The normalized spacial score (nSPS) is 10.2. The maximum absolute atomic E-state index is 4.04. The van der Waals surface area contributed by atoms with Crippen molar-refractivity contribution in [2.45, 2.75) is 6.54 Å². The van der Waals surface area contributed by atoms with Gasteiger partial charge in [-0.05, 0) is 29.3 Å². The minimum atomic E-state index is 0.798. The highest BCUT2D eigenvalue weighted by Gasteiger charge is 2.03. The van der Waals surface area contributed by atoms with E-state index in [1.165, 1.54) is 16.7 Å². The molecule has 2 aromatic carbocycles. The van der Waals surface area contributed by atoms with Crippen LogP contribution in [0.15, 0.2) is 79.1 Å². The number of hydrogen-bond acceptors (Lipinski definition) is 2. The van der Waals surface area contributed by atoms with Crippen LogP contribution in [0.3, 0.4) is 0 Å². The lowest BCUT2D eigenvalue weighted by atomic mass is 10.0. The van der Waals surface area contributed by atoms with E-state index in [1.807, 2.05) is 30.6 Å². The van der Waals surface area contributed by atoms with Gasteiger partial charge in [0.05, 0.1) is 0 Å². The molecule has 1 N–H and O–H groups in total. The lowest BCUT2D eigenvalue weighted by molar-refractivity contribution is 1.13. The number of hydrogen-bond donors (Lipinski definition) is 1. The van der Waals surface area contributed by atoms with Crippen LogP contribution in [-0.4, -0.2) is 4.98 Å². The van der Waals surface area contributed by atoms with E-state index in [0.29, 0.717) is 0 Å². The van der Waals surface area contributed by atoms with Gasteiger partial charge in [-0.2, -0.15) is 0 Å². The van der Waals surface area contributed by atoms with Gasteiger partial charge in [0, 0.05) is 30.2 Å². The third kappa shape index (κ3) is 2.86. The Hall–Kier alpha value is -2.61. The van der Waals surface area contributed by atoms with Crippen LogP contribution in [0.1, 0.15) is 5.56 Å². The van der Waals surface area contributed by atoms with E-state index < -0.39 is 0 Å². The molecule has 3 aromatic rings. The van der Waals surface area contributed by atoms with Crippen LogP contribution in [0.2, 0.25) is 0 Å². The Bertz CT molecular complexity index is 663. The Morgan fingerprint density at radius 3 is 2.25 bits per heavy atom. The molecule has 2 heteroatoms. The van der Waals surface area contributed by atoms with E-state index >= 15 is 0 Å². The molecule has 2 nitrogen and oxygen atoms in total. The van der Waals surface area contributed by atoms with Gasteiger partial charge in [0.15, 0.2) is 0 Å². The Kier molecular flexibility index (Phi) is 3.74. The Morgan fingerprint density at radius 1 is 0.750 bits per heavy atom. The highest BCUT2D eigenvalue weighted by molar-refractivity contribution is 5.77. The Morgan fingerprint density at radius 2 is 1.45 bits per heavy atom. The van der Waals surface area contributed by atoms with Gasteiger partial charge in [-0.3, -0.25) is 4.98 Å². The summed E-state index contributed by atoms with van der Waals surface area (Å²) in [6.45, 7) is 0.798. The van der Waals surface area contributed by atoms with Gasteiger partial charge in [-0.1, -0.05) is 48.5 Å². The summed E-state index contributed by atoms with van der Waals surface area (Å²) in [7, 11) is 0. The molecule has 0 saturated carbocycles. The average molecular weight is 260 g/mol. The molecule has 0 bridgehead atoms. The van der Waals surface area contributed by atoms with Gasteiger partial charge in [0.25, 0.3) is 0 Å². The molecule has 0 radical (unpaired) electrons. The minimum Gasteiger partial charge on any atom is -0.380 e. The zero-order chi connectivity index (χ0) is 13.6. The molecule has 0 aliphatic rings. The molecule has 0 unspecified atom stereocenters. The largest absolute Gasteiger partial charge is 0.380 e. The molecule has 0 saturated heterocycles. The van der Waals surface area contributed by atoms with Crippen molar-refractivity contribution in [1.29, 1.82) is 0 Å². The van der Waals surface area contributed by atoms with E-state index in [2.05, 4.69) is 58.8 Å². The van der Waals surface area contributed by atoms with Crippen LogP contribution in [0.4, 0.5) is 5.69 Å². The third-order valence-electron chi connectivity index (χ3n) is 3.24. The maximum atomic E-state index is 4.04. The molecular formula is C18H16N2. The van der Waals surface area contributed by atoms with Crippen molar-refractivity contribution in [1.82, 2.24) is 4.98 Å². The second kappa shape index (κ2) is 6.02. The van der Waals surface area contributed by atoms with Gasteiger partial charge < -0.3 is 5.32 Å². The molecule has 1 heterocycles. The van der Waals surface area contributed by atoms with Gasteiger partial charge in [-0.25, -0.2) is 0 Å². The molecule has 98 valence electrons. The van der Waals surface area contributed by atoms with Crippen LogP contribution in [0.25, 0.3) is 11.1 Å². The second-order valence-electron chi connectivity index (χ2n) is 4.62. The quantitative estimate of drug-likeness (QED) is 0.754. The first-order chi connectivity index (χ1) is 9.93. The zero-order valence-electron chi connectivity index (χ0n) is 11.2. The van der Waals surface area contributed by atoms with E-state index in [-0.39, 0.29) is 0 Å². The fraction of sp³-hybridized carbons (Fsp3) is 0.0556. The summed E-state index contributed by atoms with van der Waals surface area (Å²) in [6, 6.07) is 22.9.